The maximum absolute atomic E-state index is 13.1. The van der Waals surface area contributed by atoms with Gasteiger partial charge in [-0.05, 0) is 44.0 Å². The molecule has 8 heteroatoms. The minimum atomic E-state index is -3.02. The van der Waals surface area contributed by atoms with Crippen LogP contribution in [-0.4, -0.2) is 75.5 Å². The Kier molecular flexibility index (Phi) is 6.60. The van der Waals surface area contributed by atoms with Crippen LogP contribution in [-0.2, 0) is 14.6 Å². The van der Waals surface area contributed by atoms with Gasteiger partial charge in [0, 0.05) is 17.8 Å². The number of carbonyl (C=O) groups is 1. The van der Waals surface area contributed by atoms with E-state index in [1.165, 1.54) is 17.0 Å². The van der Waals surface area contributed by atoms with E-state index in [-0.39, 0.29) is 35.3 Å². The van der Waals surface area contributed by atoms with E-state index in [1.54, 1.807) is 12.1 Å². The van der Waals surface area contributed by atoms with Crippen molar-refractivity contribution < 1.29 is 22.5 Å². The first-order chi connectivity index (χ1) is 13.3. The summed E-state index contributed by atoms with van der Waals surface area (Å²) in [5.74, 6) is 0.0945. The second-order valence-electron chi connectivity index (χ2n) is 8.01. The van der Waals surface area contributed by atoms with Gasteiger partial charge in [-0.2, -0.15) is 0 Å². The number of hydrogen-bond donors (Lipinski definition) is 1. The molecule has 0 aliphatic carbocycles. The molecule has 0 spiro atoms. The summed E-state index contributed by atoms with van der Waals surface area (Å²) in [7, 11) is -3.02. The van der Waals surface area contributed by atoms with Gasteiger partial charge < -0.3 is 14.7 Å². The third-order valence-electron chi connectivity index (χ3n) is 6.02. The van der Waals surface area contributed by atoms with Crippen LogP contribution >= 0.6 is 0 Å². The molecule has 2 saturated heterocycles. The third-order valence-corrected chi connectivity index (χ3v) is 7.77. The molecule has 1 N–H and O–H groups in total. The Morgan fingerprint density at radius 2 is 1.93 bits per heavy atom. The van der Waals surface area contributed by atoms with Crippen molar-refractivity contribution in [2.75, 3.05) is 49.1 Å². The minimum absolute atomic E-state index is 0.0469. The van der Waals surface area contributed by atoms with Crippen LogP contribution in [0.2, 0.25) is 0 Å². The predicted octanol–water partition coefficient (Wildman–Crippen LogP) is 0.345. The molecule has 1 aromatic carbocycles. The van der Waals surface area contributed by atoms with Gasteiger partial charge >= 0.3 is 0 Å². The van der Waals surface area contributed by atoms with Gasteiger partial charge in [-0.25, -0.2) is 12.8 Å². The molecule has 2 heterocycles. The number of anilines is 1. The fraction of sp³-hybridized carbons (Fsp3) is 0.650. The van der Waals surface area contributed by atoms with Gasteiger partial charge in [0.15, 0.2) is 16.4 Å². The summed E-state index contributed by atoms with van der Waals surface area (Å²) in [5.41, 5.74) is 1.00. The molecule has 0 unspecified atom stereocenters. The summed E-state index contributed by atoms with van der Waals surface area (Å²) in [6.07, 6.45) is 1.36. The van der Waals surface area contributed by atoms with Crippen LogP contribution < -0.4 is 9.80 Å². The highest BCUT2D eigenvalue weighted by Gasteiger charge is 2.37. The molecule has 2 fully saturated rings. The number of nitrogens with one attached hydrogen (secondary N) is 1. The van der Waals surface area contributed by atoms with Crippen molar-refractivity contribution in [2.24, 2.45) is 0 Å². The predicted molar refractivity (Wildman–Crippen MR) is 108 cm³/mol. The average Bonchev–Trinajstić information content (AvgIpc) is 3.02. The topological polar surface area (TPSA) is 62.1 Å². The van der Waals surface area contributed by atoms with E-state index in [0.717, 1.165) is 38.3 Å². The standard InChI is InChI=1S/C20H30FN3O3S/c1-3-16(2)24(19-8-13-28(26,27)15-19)20(25)14-22-9-11-23(12-10-22)18-6-4-17(21)5-7-18/h4-7,16,19H,3,8-15H2,1-2H3/p+1/t16-,19-/m1/s1. The number of amides is 1. The molecule has 1 amide bonds. The van der Waals surface area contributed by atoms with Gasteiger partial charge in [0.25, 0.3) is 5.91 Å². The number of hydrogen-bond acceptors (Lipinski definition) is 4. The fourth-order valence-electron chi connectivity index (χ4n) is 4.22. The van der Waals surface area contributed by atoms with E-state index >= 15 is 0 Å². The summed E-state index contributed by atoms with van der Waals surface area (Å²) < 4.78 is 36.9. The van der Waals surface area contributed by atoms with Gasteiger partial charge in [0.1, 0.15) is 5.82 Å². The quantitative estimate of drug-likeness (QED) is 0.732. The van der Waals surface area contributed by atoms with Crippen molar-refractivity contribution in [3.05, 3.63) is 30.1 Å². The molecule has 156 valence electrons. The van der Waals surface area contributed by atoms with E-state index < -0.39 is 9.84 Å². The Labute approximate surface area is 167 Å². The second-order valence-corrected chi connectivity index (χ2v) is 10.2. The van der Waals surface area contributed by atoms with Gasteiger partial charge in [0.2, 0.25) is 0 Å². The first kappa shape index (κ1) is 21.0. The maximum Gasteiger partial charge on any atom is 0.278 e. The number of benzene rings is 1. The molecular weight excluding hydrogens is 381 g/mol. The molecule has 28 heavy (non-hydrogen) atoms. The van der Waals surface area contributed by atoms with Crippen LogP contribution in [0.3, 0.4) is 0 Å². The smallest absolute Gasteiger partial charge is 0.278 e. The molecule has 2 aliphatic rings. The summed E-state index contributed by atoms with van der Waals surface area (Å²) in [6.45, 7) is 7.73. The van der Waals surface area contributed by atoms with Crippen molar-refractivity contribution >= 4 is 21.4 Å². The summed E-state index contributed by atoms with van der Waals surface area (Å²) in [4.78, 5) is 18.3. The van der Waals surface area contributed by atoms with E-state index in [2.05, 4.69) is 4.90 Å². The zero-order chi connectivity index (χ0) is 20.3. The normalized spacial score (nSPS) is 23.5. The monoisotopic (exact) mass is 412 g/mol. The zero-order valence-corrected chi connectivity index (χ0v) is 17.5. The Balaban J connectivity index is 1.58. The lowest BCUT2D eigenvalue weighted by Gasteiger charge is -2.37. The maximum atomic E-state index is 13.1. The average molecular weight is 413 g/mol. The molecular formula is C20H31FN3O3S+. The van der Waals surface area contributed by atoms with Crippen molar-refractivity contribution in [3.8, 4) is 0 Å². The molecule has 0 bridgehead atoms. The van der Waals surface area contributed by atoms with Crippen LogP contribution in [0.1, 0.15) is 26.7 Å². The van der Waals surface area contributed by atoms with Gasteiger partial charge in [-0.15, -0.1) is 0 Å². The third kappa shape index (κ3) is 5.03. The number of piperazine rings is 1. The number of carbonyl (C=O) groups excluding carboxylic acids is 1. The van der Waals surface area contributed by atoms with Crippen LogP contribution in [0.5, 0.6) is 0 Å². The fourth-order valence-corrected chi connectivity index (χ4v) is 5.93. The highest BCUT2D eigenvalue weighted by atomic mass is 32.2. The molecule has 3 rings (SSSR count). The van der Waals surface area contributed by atoms with E-state index in [0.29, 0.717) is 13.0 Å². The molecule has 2 atom stereocenters. The molecule has 1 aromatic rings. The summed E-state index contributed by atoms with van der Waals surface area (Å²) in [5, 5.41) is 0. The lowest BCUT2D eigenvalue weighted by Crippen LogP contribution is -3.16. The Bertz CT molecular complexity index is 776. The number of nitrogens with zero attached hydrogens (tertiary/aromatic N) is 2. The lowest BCUT2D eigenvalue weighted by atomic mass is 10.1. The van der Waals surface area contributed by atoms with Crippen LogP contribution in [0.25, 0.3) is 0 Å². The Morgan fingerprint density at radius 3 is 2.46 bits per heavy atom. The van der Waals surface area contributed by atoms with Crippen molar-refractivity contribution in [1.29, 1.82) is 0 Å². The Morgan fingerprint density at radius 1 is 1.29 bits per heavy atom. The summed E-state index contributed by atoms with van der Waals surface area (Å²) >= 11 is 0. The lowest BCUT2D eigenvalue weighted by molar-refractivity contribution is -0.892. The number of halogens is 1. The number of quaternary nitrogens is 1. The first-order valence-electron chi connectivity index (χ1n) is 10.1. The SMILES string of the molecule is CC[C@@H](C)N(C(=O)C[NH+]1CCN(c2ccc(F)cc2)CC1)[C@@H]1CCS(=O)(=O)C1. The minimum Gasteiger partial charge on any atom is -0.360 e. The van der Waals surface area contributed by atoms with Crippen LogP contribution in [0, 0.1) is 5.82 Å². The molecule has 2 aliphatic heterocycles. The second kappa shape index (κ2) is 8.78. The zero-order valence-electron chi connectivity index (χ0n) is 16.7. The summed E-state index contributed by atoms with van der Waals surface area (Å²) in [6, 6.07) is 6.38. The van der Waals surface area contributed by atoms with Crippen molar-refractivity contribution in [2.45, 2.75) is 38.8 Å². The molecule has 0 radical (unpaired) electrons. The van der Waals surface area contributed by atoms with Crippen molar-refractivity contribution in [3.63, 3.8) is 0 Å². The van der Waals surface area contributed by atoms with Gasteiger partial charge in [-0.1, -0.05) is 6.92 Å². The number of rotatable bonds is 6. The largest absolute Gasteiger partial charge is 0.360 e. The van der Waals surface area contributed by atoms with Crippen molar-refractivity contribution in [1.82, 2.24) is 4.90 Å². The molecule has 6 nitrogen and oxygen atoms in total. The highest BCUT2D eigenvalue weighted by molar-refractivity contribution is 7.91. The van der Waals surface area contributed by atoms with E-state index in [9.17, 15) is 17.6 Å². The molecule has 0 saturated carbocycles. The number of sulfone groups is 1. The van der Waals surface area contributed by atoms with E-state index in [1.807, 2.05) is 18.7 Å². The van der Waals surface area contributed by atoms with Gasteiger partial charge in [0.05, 0.1) is 37.7 Å². The molecule has 0 aromatic heterocycles. The highest BCUT2D eigenvalue weighted by Crippen LogP contribution is 2.21. The Hall–Kier alpha value is -1.67. The first-order valence-corrected chi connectivity index (χ1v) is 12.0. The van der Waals surface area contributed by atoms with Gasteiger partial charge in [-0.3, -0.25) is 4.79 Å². The van der Waals surface area contributed by atoms with E-state index in [4.69, 9.17) is 0 Å². The van der Waals surface area contributed by atoms with Crippen LogP contribution in [0.4, 0.5) is 10.1 Å². The van der Waals surface area contributed by atoms with Crippen LogP contribution in [0.15, 0.2) is 24.3 Å².